The average molecular weight is 711 g/mol. The third-order valence-corrected chi connectivity index (χ3v) is 9.87. The molecule has 0 aliphatic heterocycles. The molecule has 3 N–H and O–H groups in total. The molecule has 262 valence electrons. The molecule has 3 aromatic carbocycles. The lowest BCUT2D eigenvalue weighted by Crippen LogP contribution is -2.45. The number of nitro benzene ring substituents is 1. The number of amides is 1. The number of carbonyl (C=O) groups excluding carboxylic acids is 3. The van der Waals surface area contributed by atoms with E-state index in [9.17, 15) is 62.0 Å². The SMILES string of the molecule is Cc1ccc(C(=O)O[C@H](C(=O)O)[C@H](OC(=O)c2ccc(C)cc2)C(=O)O)cc1.O=C(N=[SH](O)(c1ccc([N+](=O)[O-])cc1)C1CC1)C(F)(F)F. The van der Waals surface area contributed by atoms with Crippen molar-refractivity contribution in [3.05, 3.63) is 105 Å². The van der Waals surface area contributed by atoms with Crippen molar-refractivity contribution in [2.24, 2.45) is 4.36 Å². The molecule has 0 bridgehead atoms. The molecule has 0 unspecified atom stereocenters. The summed E-state index contributed by atoms with van der Waals surface area (Å²) in [5, 5.41) is 28.7. The van der Waals surface area contributed by atoms with Gasteiger partial charge in [-0.15, -0.1) is 0 Å². The third kappa shape index (κ3) is 10.2. The van der Waals surface area contributed by atoms with Crippen LogP contribution in [0.3, 0.4) is 0 Å². The van der Waals surface area contributed by atoms with Gasteiger partial charge in [-0.3, -0.25) is 14.9 Å². The zero-order valence-electron chi connectivity index (χ0n) is 25.6. The number of nitrogens with zero attached hydrogens (tertiary/aromatic N) is 2. The van der Waals surface area contributed by atoms with Crippen molar-refractivity contribution in [1.29, 1.82) is 0 Å². The first-order valence-corrected chi connectivity index (χ1v) is 15.8. The Labute approximate surface area is 276 Å². The predicted molar refractivity (Wildman–Crippen MR) is 165 cm³/mol. The average Bonchev–Trinajstić information content (AvgIpc) is 3.89. The maximum absolute atomic E-state index is 12.3. The highest BCUT2D eigenvalue weighted by molar-refractivity contribution is 8.01. The molecule has 1 amide bonds. The van der Waals surface area contributed by atoms with Crippen LogP contribution in [-0.4, -0.2) is 73.1 Å². The van der Waals surface area contributed by atoms with E-state index in [1.165, 1.54) is 24.3 Å². The number of aliphatic carboxylic acids is 2. The second kappa shape index (κ2) is 15.6. The molecular formula is C31H29F3N2O12S. The topological polar surface area (TPSA) is 220 Å². The Morgan fingerprint density at radius 3 is 1.49 bits per heavy atom. The third-order valence-electron chi connectivity index (χ3n) is 6.79. The summed E-state index contributed by atoms with van der Waals surface area (Å²) < 4.78 is 60.1. The molecule has 18 heteroatoms. The lowest BCUT2D eigenvalue weighted by atomic mass is 10.1. The summed E-state index contributed by atoms with van der Waals surface area (Å²) >= 11 is 0. The summed E-state index contributed by atoms with van der Waals surface area (Å²) in [5.41, 5.74) is 1.53. The van der Waals surface area contributed by atoms with Gasteiger partial charge in [0.25, 0.3) is 5.69 Å². The molecule has 1 aliphatic rings. The zero-order valence-corrected chi connectivity index (χ0v) is 26.5. The fourth-order valence-corrected chi connectivity index (χ4v) is 6.55. The number of benzene rings is 3. The first-order valence-electron chi connectivity index (χ1n) is 14.0. The Bertz CT molecular complexity index is 1710. The number of non-ortho nitro benzene ring substituents is 1. The maximum Gasteiger partial charge on any atom is 0.474 e. The highest BCUT2D eigenvalue weighted by Gasteiger charge is 2.43. The molecule has 0 aromatic heterocycles. The van der Waals surface area contributed by atoms with E-state index < -0.39 is 68.4 Å². The van der Waals surface area contributed by atoms with E-state index in [2.05, 4.69) is 4.36 Å². The van der Waals surface area contributed by atoms with Crippen LogP contribution in [0.2, 0.25) is 0 Å². The molecular weight excluding hydrogens is 681 g/mol. The number of carboxylic acid groups (broad SMARTS) is 2. The van der Waals surface area contributed by atoms with Crippen molar-refractivity contribution in [3.63, 3.8) is 0 Å². The van der Waals surface area contributed by atoms with Gasteiger partial charge in [-0.1, -0.05) is 45.5 Å². The minimum Gasteiger partial charge on any atom is -0.478 e. The highest BCUT2D eigenvalue weighted by Crippen LogP contribution is 2.40. The van der Waals surface area contributed by atoms with Crippen molar-refractivity contribution in [3.8, 4) is 0 Å². The van der Waals surface area contributed by atoms with Crippen LogP contribution in [0.4, 0.5) is 18.9 Å². The van der Waals surface area contributed by atoms with Crippen LogP contribution >= 0.6 is 0 Å². The number of rotatable bonds is 10. The van der Waals surface area contributed by atoms with E-state index in [-0.39, 0.29) is 21.7 Å². The zero-order chi connectivity index (χ0) is 36.7. The lowest BCUT2D eigenvalue weighted by molar-refractivity contribution is -0.384. The van der Waals surface area contributed by atoms with Crippen LogP contribution in [0.25, 0.3) is 0 Å². The number of halogens is 3. The van der Waals surface area contributed by atoms with Gasteiger partial charge < -0.3 is 24.2 Å². The van der Waals surface area contributed by atoms with Gasteiger partial charge in [0.05, 0.1) is 16.1 Å². The van der Waals surface area contributed by atoms with Crippen molar-refractivity contribution < 1.29 is 66.3 Å². The summed E-state index contributed by atoms with van der Waals surface area (Å²) in [7, 11) is -3.65. The molecule has 0 radical (unpaired) electrons. The molecule has 2 atom stereocenters. The standard InChI is InChI=1S/C20H18O8.C11H11F3N2O4S/c1-11-3-7-13(8-4-11)19(25)27-15(17(21)22)16(18(23)24)28-20(26)14-9-5-12(2)6-10-14;12-11(13,14)10(17)15-21(20,9-5-6-9)8-3-1-7(2-4-8)16(18)19/h3-10,15-16H,1-2H3,(H,21,22)(H,23,24);1-4,9,21H,5-6H2,(H,15,17,20)/t15-,16-;/m0./s1. The van der Waals surface area contributed by atoms with Crippen molar-refractivity contribution in [1.82, 2.24) is 0 Å². The quantitative estimate of drug-likeness (QED) is 0.0948. The van der Waals surface area contributed by atoms with E-state index in [1.807, 2.05) is 0 Å². The fourth-order valence-electron chi connectivity index (χ4n) is 4.00. The van der Waals surface area contributed by atoms with Crippen LogP contribution in [0.5, 0.6) is 0 Å². The van der Waals surface area contributed by atoms with E-state index >= 15 is 0 Å². The van der Waals surface area contributed by atoms with Gasteiger partial charge in [0.1, 0.15) is 0 Å². The fraction of sp³-hybridized carbons (Fsp3) is 0.258. The second-order valence-corrected chi connectivity index (χ2v) is 13.4. The number of alkyl halides is 3. The van der Waals surface area contributed by atoms with Crippen LogP contribution < -0.4 is 0 Å². The molecule has 14 nitrogen and oxygen atoms in total. The number of ether oxygens (including phenoxy) is 2. The summed E-state index contributed by atoms with van der Waals surface area (Å²) in [4.78, 5) is 68.3. The van der Waals surface area contributed by atoms with Gasteiger partial charge in [-0.25, -0.2) is 19.2 Å². The number of carboxylic acids is 2. The van der Waals surface area contributed by atoms with Crippen LogP contribution in [0.15, 0.2) is 82.1 Å². The van der Waals surface area contributed by atoms with Crippen LogP contribution in [0, 0.1) is 24.0 Å². The molecule has 1 aliphatic carbocycles. The van der Waals surface area contributed by atoms with Crippen molar-refractivity contribution in [2.45, 2.75) is 55.2 Å². The molecule has 49 heavy (non-hydrogen) atoms. The van der Waals surface area contributed by atoms with Crippen LogP contribution in [0.1, 0.15) is 44.7 Å². The van der Waals surface area contributed by atoms with E-state index in [0.717, 1.165) is 35.4 Å². The summed E-state index contributed by atoms with van der Waals surface area (Å²) in [6, 6.07) is 16.5. The predicted octanol–water partition coefficient (Wildman–Crippen LogP) is 4.97. The Morgan fingerprint density at radius 2 is 1.18 bits per heavy atom. The molecule has 4 rings (SSSR count). The molecule has 0 heterocycles. The Kier molecular flexibility index (Phi) is 12.1. The van der Waals surface area contributed by atoms with E-state index in [4.69, 9.17) is 9.47 Å². The molecule has 0 spiro atoms. The van der Waals surface area contributed by atoms with Crippen LogP contribution in [-0.2, 0) is 34.0 Å². The maximum atomic E-state index is 12.3. The normalized spacial score (nSPS) is 14.2. The Hall–Kier alpha value is -5.49. The van der Waals surface area contributed by atoms with E-state index in [1.54, 1.807) is 38.1 Å². The summed E-state index contributed by atoms with van der Waals surface area (Å²) in [5.74, 6) is -7.95. The van der Waals surface area contributed by atoms with Gasteiger partial charge in [-0.2, -0.15) is 17.5 Å². The van der Waals surface area contributed by atoms with Gasteiger partial charge in [0.15, 0.2) is 0 Å². The van der Waals surface area contributed by atoms with Gasteiger partial charge in [0, 0.05) is 22.3 Å². The van der Waals surface area contributed by atoms with Gasteiger partial charge in [-0.05, 0) is 63.1 Å². The Balaban J connectivity index is 0.000000276. The number of carbonyl (C=O) groups is 5. The minimum absolute atomic E-state index is 0.0332. The summed E-state index contributed by atoms with van der Waals surface area (Å²) in [6.45, 7) is 3.58. The monoisotopic (exact) mass is 710 g/mol. The lowest BCUT2D eigenvalue weighted by Gasteiger charge is -2.23. The Morgan fingerprint density at radius 1 is 0.796 bits per heavy atom. The first kappa shape index (κ1) is 38.0. The van der Waals surface area contributed by atoms with Crippen molar-refractivity contribution in [2.75, 3.05) is 0 Å². The number of hydrogen-bond donors (Lipinski definition) is 4. The van der Waals surface area contributed by atoms with Crippen molar-refractivity contribution >= 4 is 45.6 Å². The summed E-state index contributed by atoms with van der Waals surface area (Å²) in [6.07, 6.45) is -8.66. The highest BCUT2D eigenvalue weighted by atomic mass is 32.3. The second-order valence-electron chi connectivity index (χ2n) is 10.6. The molecule has 1 saturated carbocycles. The number of esters is 2. The number of aryl methyl sites for hydroxylation is 2. The smallest absolute Gasteiger partial charge is 0.474 e. The van der Waals surface area contributed by atoms with E-state index in [0.29, 0.717) is 12.8 Å². The van der Waals surface area contributed by atoms with Gasteiger partial charge >= 0.3 is 36.0 Å². The molecule has 3 aromatic rings. The largest absolute Gasteiger partial charge is 0.478 e. The molecule has 0 saturated heterocycles. The molecule has 1 fully saturated rings. The number of hydrogen-bond acceptors (Lipinski definition) is 9. The number of thiol groups is 1. The minimum atomic E-state index is -5.15. The number of nitro groups is 1. The first-order chi connectivity index (χ1) is 22.8. The van der Waals surface area contributed by atoms with Gasteiger partial charge in [0.2, 0.25) is 12.2 Å².